The Kier molecular flexibility index (Phi) is 5.84. The van der Waals surface area contributed by atoms with Crippen LogP contribution in [-0.4, -0.2) is 32.1 Å². The van der Waals surface area contributed by atoms with E-state index in [1.165, 1.54) is 0 Å². The number of benzene rings is 1. The number of rotatable bonds is 7. The topological polar surface area (TPSA) is 30.3 Å². The molecular weight excluding hydrogens is 234 g/mol. The lowest BCUT2D eigenvalue weighted by molar-refractivity contribution is 0.291. The molecule has 0 heterocycles. The fourth-order valence-corrected chi connectivity index (χ4v) is 1.94. The summed E-state index contributed by atoms with van der Waals surface area (Å²) in [5.41, 5.74) is 2.12. The van der Waals surface area contributed by atoms with Crippen molar-refractivity contribution >= 4 is 5.69 Å². The van der Waals surface area contributed by atoms with Crippen LogP contribution in [-0.2, 0) is 0 Å². The Balaban J connectivity index is 2.97. The summed E-state index contributed by atoms with van der Waals surface area (Å²) in [6.45, 7) is 8.81. The minimum absolute atomic E-state index is 0.271. The van der Waals surface area contributed by atoms with Crippen molar-refractivity contribution in [1.82, 2.24) is 4.90 Å². The molecule has 3 nitrogen and oxygen atoms in total. The van der Waals surface area contributed by atoms with Crippen LogP contribution in [0.1, 0.15) is 11.6 Å². The molecule has 0 saturated carbocycles. The zero-order valence-electron chi connectivity index (χ0n) is 11.7. The van der Waals surface area contributed by atoms with Gasteiger partial charge in [0.15, 0.2) is 0 Å². The third-order valence-electron chi connectivity index (χ3n) is 2.94. The molecule has 0 aromatic heterocycles. The van der Waals surface area contributed by atoms with E-state index in [1.54, 1.807) is 0 Å². The number of hydrogen-bond donors (Lipinski definition) is 0. The molecule has 100 valence electrons. The average molecular weight is 255 g/mol. The van der Waals surface area contributed by atoms with E-state index in [0.717, 1.165) is 11.3 Å². The standard InChI is InChI=1S/C16H21N3/c1-5-11-19(12-6-2)16(13-17)14-7-9-15(10-8-14)18(3)4/h5-10,16H,1-2,11-12H2,3-4H3. The van der Waals surface area contributed by atoms with Crippen LogP contribution >= 0.6 is 0 Å². The first kappa shape index (κ1) is 15.0. The summed E-state index contributed by atoms with van der Waals surface area (Å²) in [5, 5.41) is 9.41. The van der Waals surface area contributed by atoms with E-state index >= 15 is 0 Å². The molecule has 0 radical (unpaired) electrons. The highest BCUT2D eigenvalue weighted by molar-refractivity contribution is 5.47. The lowest BCUT2D eigenvalue weighted by Gasteiger charge is -2.25. The highest BCUT2D eigenvalue weighted by Gasteiger charge is 2.17. The van der Waals surface area contributed by atoms with Gasteiger partial charge in [0.25, 0.3) is 0 Å². The molecule has 19 heavy (non-hydrogen) atoms. The fourth-order valence-electron chi connectivity index (χ4n) is 1.94. The van der Waals surface area contributed by atoms with Gasteiger partial charge in [-0.1, -0.05) is 24.3 Å². The van der Waals surface area contributed by atoms with E-state index in [0.29, 0.717) is 13.1 Å². The number of anilines is 1. The molecule has 0 N–H and O–H groups in total. The molecule has 3 heteroatoms. The maximum Gasteiger partial charge on any atom is 0.124 e. The molecule has 0 fully saturated rings. The minimum Gasteiger partial charge on any atom is -0.378 e. The van der Waals surface area contributed by atoms with Crippen molar-refractivity contribution in [1.29, 1.82) is 5.26 Å². The van der Waals surface area contributed by atoms with Gasteiger partial charge in [-0.2, -0.15) is 5.26 Å². The third-order valence-corrected chi connectivity index (χ3v) is 2.94. The summed E-state index contributed by atoms with van der Waals surface area (Å²) in [4.78, 5) is 4.07. The van der Waals surface area contributed by atoms with Crippen molar-refractivity contribution in [3.05, 3.63) is 55.1 Å². The molecule has 0 aliphatic rings. The first-order chi connectivity index (χ1) is 9.13. The van der Waals surface area contributed by atoms with Crippen molar-refractivity contribution in [2.45, 2.75) is 6.04 Å². The molecule has 1 unspecified atom stereocenters. The van der Waals surface area contributed by atoms with Crippen LogP contribution in [0.25, 0.3) is 0 Å². The summed E-state index contributed by atoms with van der Waals surface area (Å²) < 4.78 is 0. The molecule has 1 atom stereocenters. The second-order valence-electron chi connectivity index (χ2n) is 4.55. The second kappa shape index (κ2) is 7.40. The van der Waals surface area contributed by atoms with Gasteiger partial charge >= 0.3 is 0 Å². The molecule has 1 aromatic carbocycles. The van der Waals surface area contributed by atoms with Gasteiger partial charge < -0.3 is 4.90 Å². The van der Waals surface area contributed by atoms with Crippen LogP contribution in [0.4, 0.5) is 5.69 Å². The maximum atomic E-state index is 9.41. The van der Waals surface area contributed by atoms with Crippen LogP contribution in [0.3, 0.4) is 0 Å². The van der Waals surface area contributed by atoms with Gasteiger partial charge in [0.1, 0.15) is 6.04 Å². The Bertz CT molecular complexity index is 444. The van der Waals surface area contributed by atoms with E-state index in [2.05, 4.69) is 19.2 Å². The summed E-state index contributed by atoms with van der Waals surface area (Å²) in [7, 11) is 4.00. The van der Waals surface area contributed by atoms with E-state index in [9.17, 15) is 5.26 Å². The van der Waals surface area contributed by atoms with Crippen LogP contribution in [0.2, 0.25) is 0 Å². The molecule has 0 aliphatic carbocycles. The van der Waals surface area contributed by atoms with E-state index in [1.807, 2.05) is 60.3 Å². The summed E-state index contributed by atoms with van der Waals surface area (Å²) >= 11 is 0. The van der Waals surface area contributed by atoms with Crippen molar-refractivity contribution in [3.63, 3.8) is 0 Å². The molecule has 0 amide bonds. The molecule has 1 rings (SSSR count). The maximum absolute atomic E-state index is 9.41. The summed E-state index contributed by atoms with van der Waals surface area (Å²) in [5.74, 6) is 0. The van der Waals surface area contributed by atoms with Gasteiger partial charge in [-0.15, -0.1) is 13.2 Å². The number of nitriles is 1. The van der Waals surface area contributed by atoms with Crippen LogP contribution in [0.5, 0.6) is 0 Å². The normalized spacial score (nSPS) is 11.7. The Morgan fingerprint density at radius 1 is 1.16 bits per heavy atom. The fraction of sp³-hybridized carbons (Fsp3) is 0.312. The lowest BCUT2D eigenvalue weighted by atomic mass is 10.1. The predicted octanol–water partition coefficient (Wildman–Crippen LogP) is 2.99. The molecule has 1 aromatic rings. The smallest absolute Gasteiger partial charge is 0.124 e. The van der Waals surface area contributed by atoms with Gasteiger partial charge in [-0.05, 0) is 17.7 Å². The van der Waals surface area contributed by atoms with E-state index in [-0.39, 0.29) is 6.04 Å². The number of nitrogens with zero attached hydrogens (tertiary/aromatic N) is 3. The Labute approximate surface area is 116 Å². The second-order valence-corrected chi connectivity index (χ2v) is 4.55. The Morgan fingerprint density at radius 2 is 1.68 bits per heavy atom. The zero-order valence-corrected chi connectivity index (χ0v) is 11.7. The van der Waals surface area contributed by atoms with Gasteiger partial charge in [-0.25, -0.2) is 0 Å². The summed E-state index contributed by atoms with van der Waals surface area (Å²) in [6, 6.07) is 10.1. The van der Waals surface area contributed by atoms with Gasteiger partial charge in [0, 0.05) is 32.9 Å². The molecular formula is C16H21N3. The lowest BCUT2D eigenvalue weighted by Crippen LogP contribution is -2.28. The molecule has 0 spiro atoms. The molecule has 0 bridgehead atoms. The minimum atomic E-state index is -0.271. The number of hydrogen-bond acceptors (Lipinski definition) is 3. The molecule has 0 saturated heterocycles. The van der Waals surface area contributed by atoms with Gasteiger partial charge in [0.05, 0.1) is 6.07 Å². The monoisotopic (exact) mass is 255 g/mol. The largest absolute Gasteiger partial charge is 0.378 e. The van der Waals surface area contributed by atoms with Crippen molar-refractivity contribution < 1.29 is 0 Å². The summed E-state index contributed by atoms with van der Waals surface area (Å²) in [6.07, 6.45) is 3.62. The van der Waals surface area contributed by atoms with Crippen LogP contribution in [0, 0.1) is 11.3 Å². The first-order valence-electron chi connectivity index (χ1n) is 6.26. The van der Waals surface area contributed by atoms with Gasteiger partial charge in [-0.3, -0.25) is 4.90 Å². The predicted molar refractivity (Wildman–Crippen MR) is 81.1 cm³/mol. The average Bonchev–Trinajstić information content (AvgIpc) is 2.40. The highest BCUT2D eigenvalue weighted by atomic mass is 15.1. The van der Waals surface area contributed by atoms with Crippen molar-refractivity contribution in [2.24, 2.45) is 0 Å². The Morgan fingerprint density at radius 3 is 2.05 bits per heavy atom. The first-order valence-corrected chi connectivity index (χ1v) is 6.26. The quantitative estimate of drug-likeness (QED) is 0.702. The van der Waals surface area contributed by atoms with E-state index in [4.69, 9.17) is 0 Å². The van der Waals surface area contributed by atoms with E-state index < -0.39 is 0 Å². The zero-order chi connectivity index (χ0) is 14.3. The van der Waals surface area contributed by atoms with Crippen molar-refractivity contribution in [3.8, 4) is 6.07 Å². The van der Waals surface area contributed by atoms with Crippen molar-refractivity contribution in [2.75, 3.05) is 32.1 Å². The Hall–Kier alpha value is -2.05. The van der Waals surface area contributed by atoms with Crippen LogP contribution < -0.4 is 4.90 Å². The third kappa shape index (κ3) is 3.97. The highest BCUT2D eigenvalue weighted by Crippen LogP contribution is 2.22. The SMILES string of the molecule is C=CCN(CC=C)C(C#N)c1ccc(N(C)C)cc1. The molecule has 0 aliphatic heterocycles. The van der Waals surface area contributed by atoms with Crippen LogP contribution in [0.15, 0.2) is 49.6 Å². The van der Waals surface area contributed by atoms with Gasteiger partial charge in [0.2, 0.25) is 0 Å².